The molecule has 2 nitrogen and oxygen atoms in total. The highest BCUT2D eigenvalue weighted by atomic mass is 16.3. The zero-order valence-corrected chi connectivity index (χ0v) is 5.59. The van der Waals surface area contributed by atoms with Gasteiger partial charge in [-0.15, -0.1) is 0 Å². The molecule has 1 rings (SSSR count). The van der Waals surface area contributed by atoms with Crippen molar-refractivity contribution in [3.05, 3.63) is 11.1 Å². The van der Waals surface area contributed by atoms with Crippen LogP contribution in [0.3, 0.4) is 0 Å². The monoisotopic (exact) mass is 128 g/mol. The maximum absolute atomic E-state index is 8.69. The summed E-state index contributed by atoms with van der Waals surface area (Å²) in [5.41, 5.74) is 2.29. The van der Waals surface area contributed by atoms with Gasteiger partial charge in [0, 0.05) is 5.92 Å². The van der Waals surface area contributed by atoms with Crippen molar-refractivity contribution in [1.82, 2.24) is 0 Å². The highest BCUT2D eigenvalue weighted by molar-refractivity contribution is 5.26. The van der Waals surface area contributed by atoms with Crippen LogP contribution >= 0.6 is 0 Å². The molecule has 0 radical (unpaired) electrons. The number of hydrogen-bond donors (Lipinski definition) is 2. The number of allylic oxidation sites excluding steroid dienone is 1. The zero-order valence-electron chi connectivity index (χ0n) is 5.59. The maximum atomic E-state index is 8.69. The molecule has 0 heterocycles. The van der Waals surface area contributed by atoms with Gasteiger partial charge in [-0.25, -0.2) is 0 Å². The van der Waals surface area contributed by atoms with Crippen LogP contribution in [0.1, 0.15) is 13.3 Å². The van der Waals surface area contributed by atoms with Gasteiger partial charge >= 0.3 is 0 Å². The summed E-state index contributed by atoms with van der Waals surface area (Å²) in [4.78, 5) is 0. The molecule has 2 N–H and O–H groups in total. The number of hydrogen-bond acceptors (Lipinski definition) is 2. The third-order valence-electron chi connectivity index (χ3n) is 1.98. The van der Waals surface area contributed by atoms with Crippen LogP contribution in [0.2, 0.25) is 0 Å². The molecule has 2 heteroatoms. The van der Waals surface area contributed by atoms with Crippen LogP contribution in [-0.2, 0) is 0 Å². The Morgan fingerprint density at radius 1 is 1.56 bits per heavy atom. The molecule has 0 spiro atoms. The van der Waals surface area contributed by atoms with E-state index in [1.54, 1.807) is 0 Å². The molecule has 0 saturated carbocycles. The Morgan fingerprint density at radius 3 is 2.44 bits per heavy atom. The fourth-order valence-corrected chi connectivity index (χ4v) is 1.28. The van der Waals surface area contributed by atoms with E-state index in [1.165, 1.54) is 5.57 Å². The van der Waals surface area contributed by atoms with Gasteiger partial charge < -0.3 is 10.2 Å². The summed E-state index contributed by atoms with van der Waals surface area (Å²) >= 11 is 0. The van der Waals surface area contributed by atoms with Crippen LogP contribution in [0.25, 0.3) is 0 Å². The van der Waals surface area contributed by atoms with Crippen LogP contribution in [0.15, 0.2) is 11.1 Å². The lowest BCUT2D eigenvalue weighted by atomic mass is 9.79. The lowest BCUT2D eigenvalue weighted by molar-refractivity contribution is 0.208. The van der Waals surface area contributed by atoms with Crippen molar-refractivity contribution in [3.8, 4) is 0 Å². The Morgan fingerprint density at radius 2 is 2.22 bits per heavy atom. The highest BCUT2D eigenvalue weighted by Crippen LogP contribution is 2.32. The second kappa shape index (κ2) is 2.50. The Balaban J connectivity index is 2.53. The molecular weight excluding hydrogens is 116 g/mol. The number of aliphatic hydroxyl groups excluding tert-OH is 2. The van der Waals surface area contributed by atoms with Gasteiger partial charge in [0.05, 0.1) is 13.2 Å². The maximum Gasteiger partial charge on any atom is 0.0647 e. The average Bonchev–Trinajstić information content (AvgIpc) is 1.83. The van der Waals surface area contributed by atoms with Gasteiger partial charge in [0.1, 0.15) is 0 Å². The largest absolute Gasteiger partial charge is 0.396 e. The molecule has 52 valence electrons. The van der Waals surface area contributed by atoms with Crippen molar-refractivity contribution in [2.24, 2.45) is 5.92 Å². The molecule has 1 unspecified atom stereocenters. The van der Waals surface area contributed by atoms with Crippen molar-refractivity contribution in [1.29, 1.82) is 0 Å². The summed E-state index contributed by atoms with van der Waals surface area (Å²) < 4.78 is 0. The lowest BCUT2D eigenvalue weighted by Gasteiger charge is -2.29. The van der Waals surface area contributed by atoms with E-state index in [1.807, 2.05) is 6.92 Å². The van der Waals surface area contributed by atoms with Gasteiger partial charge in [-0.1, -0.05) is 5.57 Å². The predicted molar refractivity (Wildman–Crippen MR) is 35.0 cm³/mol. The average molecular weight is 128 g/mol. The van der Waals surface area contributed by atoms with Crippen molar-refractivity contribution in [3.63, 3.8) is 0 Å². The summed E-state index contributed by atoms with van der Waals surface area (Å²) in [7, 11) is 0. The molecule has 0 aromatic carbocycles. The fraction of sp³-hybridized carbons (Fsp3) is 0.714. The molecule has 9 heavy (non-hydrogen) atoms. The Kier molecular flexibility index (Phi) is 1.88. The normalized spacial score (nSPS) is 26.3. The van der Waals surface area contributed by atoms with Crippen LogP contribution in [0.4, 0.5) is 0 Å². The van der Waals surface area contributed by atoms with Crippen molar-refractivity contribution >= 4 is 0 Å². The summed E-state index contributed by atoms with van der Waals surface area (Å²) in [6.45, 7) is 2.31. The minimum atomic E-state index is 0.122. The van der Waals surface area contributed by atoms with E-state index in [-0.39, 0.29) is 19.1 Å². The molecule has 0 saturated heterocycles. The summed E-state index contributed by atoms with van der Waals surface area (Å²) in [6, 6.07) is 0. The lowest BCUT2D eigenvalue weighted by Crippen LogP contribution is -2.22. The summed E-state index contributed by atoms with van der Waals surface area (Å²) in [6.07, 6.45) is 0.965. The molecular formula is C7H12O2. The van der Waals surface area contributed by atoms with Crippen LogP contribution in [0.5, 0.6) is 0 Å². The van der Waals surface area contributed by atoms with Gasteiger partial charge in [-0.2, -0.15) is 0 Å². The summed E-state index contributed by atoms with van der Waals surface area (Å²) in [5.74, 6) is 0.259. The van der Waals surface area contributed by atoms with Crippen molar-refractivity contribution in [2.45, 2.75) is 13.3 Å². The van der Waals surface area contributed by atoms with E-state index >= 15 is 0 Å². The van der Waals surface area contributed by atoms with Gasteiger partial charge in [0.25, 0.3) is 0 Å². The molecule has 1 aliphatic rings. The highest BCUT2D eigenvalue weighted by Gasteiger charge is 2.24. The first-order chi connectivity index (χ1) is 4.29. The van der Waals surface area contributed by atoms with E-state index in [2.05, 4.69) is 0 Å². The first kappa shape index (κ1) is 6.78. The second-order valence-electron chi connectivity index (χ2n) is 2.55. The molecule has 0 bridgehead atoms. The Bertz CT molecular complexity index is 138. The first-order valence-electron chi connectivity index (χ1n) is 3.19. The number of rotatable bonds is 2. The molecule has 0 aliphatic heterocycles. The third kappa shape index (κ3) is 1.00. The summed E-state index contributed by atoms with van der Waals surface area (Å²) in [5, 5.41) is 17.3. The van der Waals surface area contributed by atoms with Crippen molar-refractivity contribution < 1.29 is 10.2 Å². The molecule has 0 amide bonds. The Hall–Kier alpha value is -0.340. The predicted octanol–water partition coefficient (Wildman–Crippen LogP) is 0.307. The molecule has 0 aromatic rings. The van der Waals surface area contributed by atoms with Crippen LogP contribution in [-0.4, -0.2) is 23.4 Å². The molecule has 1 atom stereocenters. The molecule has 0 fully saturated rings. The molecule has 0 aromatic heterocycles. The van der Waals surface area contributed by atoms with E-state index in [9.17, 15) is 0 Å². The van der Waals surface area contributed by atoms with E-state index in [0.29, 0.717) is 0 Å². The molecule has 1 aliphatic carbocycles. The van der Waals surface area contributed by atoms with Crippen molar-refractivity contribution in [2.75, 3.05) is 13.2 Å². The number of aliphatic hydroxyl groups is 2. The van der Waals surface area contributed by atoms with Crippen LogP contribution < -0.4 is 0 Å². The smallest absolute Gasteiger partial charge is 0.0647 e. The fourth-order valence-electron chi connectivity index (χ4n) is 1.28. The van der Waals surface area contributed by atoms with Gasteiger partial charge in [-0.05, 0) is 18.9 Å². The second-order valence-corrected chi connectivity index (χ2v) is 2.55. The third-order valence-corrected chi connectivity index (χ3v) is 1.98. The first-order valence-corrected chi connectivity index (χ1v) is 3.19. The van der Waals surface area contributed by atoms with Crippen LogP contribution in [0, 0.1) is 5.92 Å². The van der Waals surface area contributed by atoms with E-state index in [4.69, 9.17) is 10.2 Å². The minimum Gasteiger partial charge on any atom is -0.396 e. The SMILES string of the molecule is CC1=C(CO)C(CO)C1. The topological polar surface area (TPSA) is 40.5 Å². The van der Waals surface area contributed by atoms with Gasteiger partial charge in [0.2, 0.25) is 0 Å². The zero-order chi connectivity index (χ0) is 6.85. The van der Waals surface area contributed by atoms with Gasteiger partial charge in [0.15, 0.2) is 0 Å². The quantitative estimate of drug-likeness (QED) is 0.525. The van der Waals surface area contributed by atoms with E-state index < -0.39 is 0 Å². The Labute approximate surface area is 54.8 Å². The van der Waals surface area contributed by atoms with Gasteiger partial charge in [-0.3, -0.25) is 0 Å². The standard InChI is InChI=1S/C7H12O2/c1-5-2-6(3-8)7(5)4-9/h6,8-9H,2-4H2,1H3. The minimum absolute atomic E-state index is 0.122. The van der Waals surface area contributed by atoms with E-state index in [0.717, 1.165) is 12.0 Å².